The number of hydrogen-bond donors (Lipinski definition) is 0. The molecule has 0 amide bonds. The monoisotopic (exact) mass is 450 g/mol. The first-order valence-corrected chi connectivity index (χ1v) is 11.4. The number of esters is 1. The highest BCUT2D eigenvalue weighted by Gasteiger charge is 2.20. The van der Waals surface area contributed by atoms with Crippen LogP contribution in [0.2, 0.25) is 0 Å². The Morgan fingerprint density at radius 2 is 1.59 bits per heavy atom. The van der Waals surface area contributed by atoms with Gasteiger partial charge < -0.3 is 4.74 Å². The third-order valence-corrected chi connectivity index (χ3v) is 5.79. The largest absolute Gasteiger partial charge is 0.462 e. The Labute approximate surface area is 198 Å². The number of benzene rings is 3. The Kier molecular flexibility index (Phi) is 5.36. The lowest BCUT2D eigenvalue weighted by Crippen LogP contribution is -2.10. The molecule has 5 aromatic rings. The van der Waals surface area contributed by atoms with Gasteiger partial charge in [-0.3, -0.25) is 4.57 Å². The van der Waals surface area contributed by atoms with Crippen LogP contribution in [0.5, 0.6) is 0 Å². The van der Waals surface area contributed by atoms with Gasteiger partial charge in [0.05, 0.1) is 28.9 Å². The first kappa shape index (κ1) is 21.8. The van der Waals surface area contributed by atoms with Crippen LogP contribution in [0.3, 0.4) is 0 Å². The van der Waals surface area contributed by atoms with Crippen LogP contribution >= 0.6 is 0 Å². The van der Waals surface area contributed by atoms with Crippen molar-refractivity contribution >= 4 is 28.3 Å². The molecule has 0 spiro atoms. The molecule has 34 heavy (non-hydrogen) atoms. The van der Waals surface area contributed by atoms with E-state index in [4.69, 9.17) is 19.7 Å². The second-order valence-electron chi connectivity index (χ2n) is 9.23. The van der Waals surface area contributed by atoms with Crippen molar-refractivity contribution in [2.45, 2.75) is 33.1 Å². The van der Waals surface area contributed by atoms with E-state index in [0.29, 0.717) is 29.3 Å². The Morgan fingerprint density at radius 3 is 2.26 bits per heavy atom. The van der Waals surface area contributed by atoms with Crippen LogP contribution in [0.1, 0.15) is 43.6 Å². The van der Waals surface area contributed by atoms with E-state index >= 15 is 0 Å². The number of fused-ring (bicyclic) bond motifs is 2. The molecule has 0 saturated heterocycles. The smallest absolute Gasteiger partial charge is 0.338 e. The Hall–Kier alpha value is -4.06. The van der Waals surface area contributed by atoms with E-state index in [1.165, 1.54) is 5.56 Å². The minimum absolute atomic E-state index is 0.0491. The molecule has 0 radical (unpaired) electrons. The predicted molar refractivity (Wildman–Crippen MR) is 134 cm³/mol. The highest BCUT2D eigenvalue weighted by atomic mass is 16.5. The van der Waals surface area contributed by atoms with Gasteiger partial charge in [-0.25, -0.2) is 19.7 Å². The van der Waals surface area contributed by atoms with Gasteiger partial charge in [-0.05, 0) is 48.2 Å². The Morgan fingerprint density at radius 1 is 0.882 bits per heavy atom. The van der Waals surface area contributed by atoms with Gasteiger partial charge in [0.15, 0.2) is 11.3 Å². The average molecular weight is 451 g/mol. The first-order valence-electron chi connectivity index (χ1n) is 11.4. The number of hydrogen-bond acceptors (Lipinski definition) is 5. The lowest BCUT2D eigenvalue weighted by molar-refractivity contribution is 0.0526. The van der Waals surface area contributed by atoms with E-state index in [2.05, 4.69) is 45.0 Å². The molecule has 0 unspecified atom stereocenters. The Balaban J connectivity index is 1.75. The van der Waals surface area contributed by atoms with Gasteiger partial charge in [-0.15, -0.1) is 0 Å². The molecular weight excluding hydrogens is 424 g/mol. The molecule has 2 heterocycles. The quantitative estimate of drug-likeness (QED) is 0.309. The molecule has 6 nitrogen and oxygen atoms in total. The van der Waals surface area contributed by atoms with Crippen LogP contribution in [-0.2, 0) is 10.2 Å². The molecule has 0 bridgehead atoms. The summed E-state index contributed by atoms with van der Waals surface area (Å²) in [6.45, 7) is 8.69. The molecule has 2 aromatic heterocycles. The van der Waals surface area contributed by atoms with Crippen molar-refractivity contribution in [2.75, 3.05) is 6.61 Å². The van der Waals surface area contributed by atoms with Crippen LogP contribution in [0, 0.1) is 0 Å². The molecule has 0 fully saturated rings. The summed E-state index contributed by atoms with van der Waals surface area (Å²) in [6, 6.07) is 23.5. The average Bonchev–Trinajstić information content (AvgIpc) is 3.20. The molecule has 0 atom stereocenters. The standard InChI is InChI=1S/C28H26N4O2/c1-5-34-27(33)19-9-8-10-21(17-19)32-25(18-13-15-20(16-14-18)28(2,3)4)31-24-26(32)30-23-12-7-6-11-22(23)29-24/h6-17H,5H2,1-4H3. The van der Waals surface area contributed by atoms with Gasteiger partial charge in [0.2, 0.25) is 0 Å². The number of para-hydroxylation sites is 2. The summed E-state index contributed by atoms with van der Waals surface area (Å²) < 4.78 is 7.18. The molecule has 3 aromatic carbocycles. The van der Waals surface area contributed by atoms with E-state index < -0.39 is 0 Å². The van der Waals surface area contributed by atoms with E-state index in [1.807, 2.05) is 47.0 Å². The van der Waals surface area contributed by atoms with Crippen LogP contribution in [0.15, 0.2) is 72.8 Å². The Bertz CT molecular complexity index is 1510. The summed E-state index contributed by atoms with van der Waals surface area (Å²) in [7, 11) is 0. The van der Waals surface area contributed by atoms with E-state index in [9.17, 15) is 4.79 Å². The molecule has 5 rings (SSSR count). The number of ether oxygens (including phenoxy) is 1. The molecule has 0 saturated carbocycles. The topological polar surface area (TPSA) is 69.9 Å². The van der Waals surface area contributed by atoms with Crippen molar-refractivity contribution in [3.63, 3.8) is 0 Å². The van der Waals surface area contributed by atoms with Crippen LogP contribution < -0.4 is 0 Å². The lowest BCUT2D eigenvalue weighted by atomic mass is 9.87. The van der Waals surface area contributed by atoms with Gasteiger partial charge in [-0.2, -0.15) is 0 Å². The highest BCUT2D eigenvalue weighted by Crippen LogP contribution is 2.31. The van der Waals surface area contributed by atoms with E-state index in [-0.39, 0.29) is 11.4 Å². The maximum Gasteiger partial charge on any atom is 0.338 e. The molecular formula is C28H26N4O2. The summed E-state index contributed by atoms with van der Waals surface area (Å²) in [5.74, 6) is 0.355. The van der Waals surface area contributed by atoms with Crippen molar-refractivity contribution < 1.29 is 9.53 Å². The minimum Gasteiger partial charge on any atom is -0.462 e. The van der Waals surface area contributed by atoms with Crippen molar-refractivity contribution in [3.05, 3.63) is 83.9 Å². The number of carbonyl (C=O) groups excluding carboxylic acids is 1. The van der Waals surface area contributed by atoms with Gasteiger partial charge in [0, 0.05) is 5.56 Å². The maximum atomic E-state index is 12.4. The van der Waals surface area contributed by atoms with Crippen molar-refractivity contribution in [3.8, 4) is 17.1 Å². The fourth-order valence-corrected chi connectivity index (χ4v) is 4.00. The van der Waals surface area contributed by atoms with Gasteiger partial charge in [0.1, 0.15) is 5.82 Å². The summed E-state index contributed by atoms with van der Waals surface area (Å²) >= 11 is 0. The molecule has 0 aliphatic rings. The van der Waals surface area contributed by atoms with E-state index in [0.717, 1.165) is 22.3 Å². The fraction of sp³-hybridized carbons (Fsp3) is 0.214. The third kappa shape index (κ3) is 3.92. The summed E-state index contributed by atoms with van der Waals surface area (Å²) in [5, 5.41) is 0. The zero-order valence-corrected chi connectivity index (χ0v) is 19.7. The predicted octanol–water partition coefficient (Wildman–Crippen LogP) is 6.11. The number of aromatic nitrogens is 4. The highest BCUT2D eigenvalue weighted by molar-refractivity contribution is 5.91. The lowest BCUT2D eigenvalue weighted by Gasteiger charge is -2.19. The van der Waals surface area contributed by atoms with Gasteiger partial charge in [-0.1, -0.05) is 63.2 Å². The number of nitrogens with zero attached hydrogens (tertiary/aromatic N) is 4. The normalized spacial score (nSPS) is 11.8. The number of imidazole rings is 1. The molecule has 0 aliphatic heterocycles. The second kappa shape index (κ2) is 8.37. The van der Waals surface area contributed by atoms with Gasteiger partial charge >= 0.3 is 5.97 Å². The van der Waals surface area contributed by atoms with Crippen molar-refractivity contribution in [2.24, 2.45) is 0 Å². The minimum atomic E-state index is -0.360. The fourth-order valence-electron chi connectivity index (χ4n) is 4.00. The summed E-state index contributed by atoms with van der Waals surface area (Å²) in [5.41, 5.74) is 6.24. The molecule has 0 aliphatic carbocycles. The van der Waals surface area contributed by atoms with E-state index in [1.54, 1.807) is 13.0 Å². The second-order valence-corrected chi connectivity index (χ2v) is 9.23. The molecule has 170 valence electrons. The van der Waals surface area contributed by atoms with Crippen LogP contribution in [0.4, 0.5) is 0 Å². The maximum absolute atomic E-state index is 12.4. The SMILES string of the molecule is CCOC(=O)c1cccc(-n2c(-c3ccc(C(C)(C)C)cc3)nc3nc4ccccc4nc32)c1. The zero-order valence-electron chi connectivity index (χ0n) is 19.7. The molecule has 0 N–H and O–H groups in total. The van der Waals surface area contributed by atoms with Gasteiger partial charge in [0.25, 0.3) is 0 Å². The first-order chi connectivity index (χ1) is 16.3. The van der Waals surface area contributed by atoms with Crippen molar-refractivity contribution in [1.29, 1.82) is 0 Å². The zero-order chi connectivity index (χ0) is 23.9. The number of rotatable bonds is 4. The summed E-state index contributed by atoms with van der Waals surface area (Å²) in [4.78, 5) is 27.0. The van der Waals surface area contributed by atoms with Crippen LogP contribution in [0.25, 0.3) is 39.4 Å². The number of carbonyl (C=O) groups is 1. The third-order valence-electron chi connectivity index (χ3n) is 5.79. The van der Waals surface area contributed by atoms with Crippen molar-refractivity contribution in [1.82, 2.24) is 19.5 Å². The summed E-state index contributed by atoms with van der Waals surface area (Å²) in [6.07, 6.45) is 0. The molecule has 6 heteroatoms. The van der Waals surface area contributed by atoms with Crippen LogP contribution in [-0.4, -0.2) is 32.1 Å².